The van der Waals surface area contributed by atoms with Crippen LogP contribution in [-0.4, -0.2) is 49.8 Å². The van der Waals surface area contributed by atoms with Gasteiger partial charge in [-0.2, -0.15) is 0 Å². The van der Waals surface area contributed by atoms with E-state index >= 15 is 0 Å². The molecule has 0 amide bonds. The van der Waals surface area contributed by atoms with E-state index in [9.17, 15) is 28.8 Å². The molecule has 0 aromatic carbocycles. The second-order valence-corrected chi connectivity index (χ2v) is 8.23. The molecule has 0 saturated carbocycles. The summed E-state index contributed by atoms with van der Waals surface area (Å²) in [7, 11) is 0. The Balaban J connectivity index is 5.47. The van der Waals surface area contributed by atoms with Gasteiger partial charge in [0.25, 0.3) is 0 Å². The molecule has 10 heteroatoms. The lowest BCUT2D eigenvalue weighted by atomic mass is 10.2. The molecule has 0 aliphatic carbocycles. The van der Waals surface area contributed by atoms with Crippen molar-refractivity contribution < 1.29 is 40.1 Å². The minimum absolute atomic E-state index is 0.119. The number of carbonyl (C=O) groups is 6. The van der Waals surface area contributed by atoms with Crippen molar-refractivity contribution in [2.45, 2.75) is 60.8 Å². The number of ketones is 6. The standard InChI is InChI=1S/3C7H10O3.Al/c3*1-5(8)3-7(10)4-6(2)9;/h3*3,8H,4H2,1-2H3;/q;;;+3/p-3/b3*5-3-;. The molecule has 0 bridgehead atoms. The molecular weight excluding hydrogens is 423 g/mol. The lowest BCUT2D eigenvalue weighted by molar-refractivity contribution is -0.125. The quantitative estimate of drug-likeness (QED) is 0.160. The minimum atomic E-state index is -3.11. The summed E-state index contributed by atoms with van der Waals surface area (Å²) >= 11 is -3.11. The first-order chi connectivity index (χ1) is 14.3. The van der Waals surface area contributed by atoms with Crippen molar-refractivity contribution in [2.75, 3.05) is 0 Å². The van der Waals surface area contributed by atoms with Crippen LogP contribution >= 0.6 is 0 Å². The molecule has 0 rings (SSSR count). The van der Waals surface area contributed by atoms with Gasteiger partial charge in [-0.15, -0.1) is 0 Å². The fourth-order valence-corrected chi connectivity index (χ4v) is 3.46. The van der Waals surface area contributed by atoms with Crippen molar-refractivity contribution in [3.05, 3.63) is 35.5 Å². The van der Waals surface area contributed by atoms with E-state index in [0.29, 0.717) is 0 Å². The zero-order valence-corrected chi connectivity index (χ0v) is 19.8. The van der Waals surface area contributed by atoms with Crippen molar-refractivity contribution in [3.8, 4) is 0 Å². The Kier molecular flexibility index (Phi) is 12.9. The third-order valence-electron chi connectivity index (χ3n) is 3.21. The van der Waals surface area contributed by atoms with E-state index in [4.69, 9.17) is 11.4 Å². The monoisotopic (exact) mass is 450 g/mol. The molecule has 0 unspecified atom stereocenters. The van der Waals surface area contributed by atoms with Gasteiger partial charge in [0.05, 0.1) is 36.5 Å². The first-order valence-corrected chi connectivity index (χ1v) is 10.8. The highest BCUT2D eigenvalue weighted by Crippen LogP contribution is 2.12. The molecule has 0 aliphatic rings. The molecule has 0 fully saturated rings. The second-order valence-electron chi connectivity index (χ2n) is 6.94. The van der Waals surface area contributed by atoms with Crippen LogP contribution in [0.2, 0.25) is 0 Å². The van der Waals surface area contributed by atoms with Gasteiger partial charge in [0.1, 0.15) is 17.3 Å². The summed E-state index contributed by atoms with van der Waals surface area (Å²) in [5.74, 6) is -1.96. The Morgan fingerprint density at radius 2 is 0.742 bits per heavy atom. The van der Waals surface area contributed by atoms with Gasteiger partial charge in [-0.05, 0) is 41.5 Å². The molecule has 0 heterocycles. The Morgan fingerprint density at radius 3 is 0.935 bits per heavy atom. The van der Waals surface area contributed by atoms with Crippen LogP contribution in [0.5, 0.6) is 0 Å². The van der Waals surface area contributed by atoms with E-state index in [0.717, 1.165) is 18.2 Å². The number of hydrogen-bond donors (Lipinski definition) is 0. The highest BCUT2D eigenvalue weighted by atomic mass is 27.3. The molecular formula is C21H27AlO9. The molecule has 0 radical (unpaired) electrons. The molecule has 0 aliphatic heterocycles. The van der Waals surface area contributed by atoms with Gasteiger partial charge in [-0.3, -0.25) is 28.8 Å². The van der Waals surface area contributed by atoms with Gasteiger partial charge in [0, 0.05) is 18.2 Å². The summed E-state index contributed by atoms with van der Waals surface area (Å²) in [4.78, 5) is 68.4. The Hall–Kier alpha value is -2.83. The minimum Gasteiger partial charge on any atom is -0.580 e. The van der Waals surface area contributed by atoms with E-state index in [2.05, 4.69) is 0 Å². The second kappa shape index (κ2) is 14.2. The van der Waals surface area contributed by atoms with E-state index in [-0.39, 0.29) is 53.9 Å². The Morgan fingerprint density at radius 1 is 0.516 bits per heavy atom. The van der Waals surface area contributed by atoms with Crippen molar-refractivity contribution in [1.82, 2.24) is 0 Å². The van der Waals surface area contributed by atoms with Crippen molar-refractivity contribution in [1.29, 1.82) is 0 Å². The summed E-state index contributed by atoms with van der Waals surface area (Å²) < 4.78 is 16.7. The van der Waals surface area contributed by atoms with Crippen LogP contribution in [0.4, 0.5) is 0 Å². The molecule has 0 atom stereocenters. The van der Waals surface area contributed by atoms with Crippen LogP contribution in [0.25, 0.3) is 0 Å². The molecule has 0 aromatic rings. The number of carbonyl (C=O) groups excluding carboxylic acids is 6. The predicted octanol–water partition coefficient (Wildman–Crippen LogP) is 2.38. The van der Waals surface area contributed by atoms with Crippen molar-refractivity contribution in [2.24, 2.45) is 0 Å². The number of allylic oxidation sites excluding steroid dienone is 6. The van der Waals surface area contributed by atoms with Crippen LogP contribution in [0.1, 0.15) is 60.8 Å². The fraction of sp³-hybridized carbons (Fsp3) is 0.429. The highest BCUT2D eigenvalue weighted by Gasteiger charge is 2.44. The maximum atomic E-state index is 11.8. The maximum Gasteiger partial charge on any atom is 1.20 e. The molecule has 9 nitrogen and oxygen atoms in total. The predicted molar refractivity (Wildman–Crippen MR) is 111 cm³/mol. The van der Waals surface area contributed by atoms with E-state index < -0.39 is 32.5 Å². The van der Waals surface area contributed by atoms with Gasteiger partial charge in [0.2, 0.25) is 0 Å². The largest absolute Gasteiger partial charge is 1.20 e. The SMILES string of the molecule is CC(=O)CC(=O)/C=C(/C)[O][Al]([O]/C(C)=C\C(=O)CC(C)=O)[O]/C(C)=C\C(=O)CC(C)=O. The van der Waals surface area contributed by atoms with Crippen molar-refractivity contribution in [3.63, 3.8) is 0 Å². The molecule has 0 spiro atoms. The third kappa shape index (κ3) is 15.6. The summed E-state index contributed by atoms with van der Waals surface area (Å²) in [5, 5.41) is 0. The third-order valence-corrected chi connectivity index (χ3v) is 4.90. The van der Waals surface area contributed by atoms with Gasteiger partial charge < -0.3 is 11.4 Å². The summed E-state index contributed by atoms with van der Waals surface area (Å²) in [5.41, 5.74) is 0. The molecule has 0 N–H and O–H groups in total. The number of Topliss-reactive ketones (excluding diaryl/α,β-unsaturated/α-hetero) is 3. The van der Waals surface area contributed by atoms with E-state index in [1.807, 2.05) is 0 Å². The van der Waals surface area contributed by atoms with Crippen LogP contribution in [0.15, 0.2) is 35.5 Å². The molecule has 168 valence electrons. The molecule has 31 heavy (non-hydrogen) atoms. The smallest absolute Gasteiger partial charge is 0.580 e. The van der Waals surface area contributed by atoms with Crippen LogP contribution in [0, 0.1) is 0 Å². The van der Waals surface area contributed by atoms with Crippen LogP contribution < -0.4 is 0 Å². The van der Waals surface area contributed by atoms with Gasteiger partial charge in [-0.1, -0.05) is 0 Å². The number of hydrogen-bond acceptors (Lipinski definition) is 9. The first kappa shape index (κ1) is 28.2. The number of rotatable bonds is 15. The maximum absolute atomic E-state index is 11.8. The van der Waals surface area contributed by atoms with Crippen LogP contribution in [0.3, 0.4) is 0 Å². The average molecular weight is 450 g/mol. The van der Waals surface area contributed by atoms with E-state index in [1.165, 1.54) is 41.5 Å². The van der Waals surface area contributed by atoms with Crippen LogP contribution in [-0.2, 0) is 40.1 Å². The molecule has 0 saturated heterocycles. The zero-order chi connectivity index (χ0) is 24.1. The lowest BCUT2D eigenvalue weighted by Crippen LogP contribution is -2.26. The normalized spacial score (nSPS) is 12.0. The van der Waals surface area contributed by atoms with Gasteiger partial charge >= 0.3 is 15.1 Å². The lowest BCUT2D eigenvalue weighted by Gasteiger charge is -2.17. The van der Waals surface area contributed by atoms with E-state index in [1.54, 1.807) is 0 Å². The highest BCUT2D eigenvalue weighted by molar-refractivity contribution is 6.37. The first-order valence-electron chi connectivity index (χ1n) is 9.40. The van der Waals surface area contributed by atoms with Crippen molar-refractivity contribution >= 4 is 49.8 Å². The fourth-order valence-electron chi connectivity index (χ4n) is 2.20. The topological polar surface area (TPSA) is 130 Å². The Labute approximate surface area is 186 Å². The average Bonchev–Trinajstić information content (AvgIpc) is 2.50. The molecule has 0 aromatic heterocycles. The summed E-state index contributed by atoms with van der Waals surface area (Å²) in [6, 6.07) is 0. The zero-order valence-electron chi connectivity index (χ0n) is 18.6. The summed E-state index contributed by atoms with van der Waals surface area (Å²) in [6.07, 6.45) is 2.50. The Bertz CT molecular complexity index is 724. The van der Waals surface area contributed by atoms with Gasteiger partial charge in [-0.25, -0.2) is 0 Å². The van der Waals surface area contributed by atoms with Gasteiger partial charge in [0.15, 0.2) is 17.3 Å². The summed E-state index contributed by atoms with van der Waals surface area (Å²) in [6.45, 7) is 8.23.